The minimum atomic E-state index is -0.660. The van der Waals surface area contributed by atoms with Crippen molar-refractivity contribution in [2.75, 3.05) is 33.0 Å². The van der Waals surface area contributed by atoms with Crippen molar-refractivity contribution in [1.82, 2.24) is 14.5 Å². The van der Waals surface area contributed by atoms with Crippen molar-refractivity contribution in [3.8, 4) is 16.9 Å². The van der Waals surface area contributed by atoms with Crippen molar-refractivity contribution in [3.63, 3.8) is 0 Å². The summed E-state index contributed by atoms with van der Waals surface area (Å²) in [5.41, 5.74) is 1.97. The van der Waals surface area contributed by atoms with Crippen molar-refractivity contribution in [2.45, 2.75) is 30.8 Å². The van der Waals surface area contributed by atoms with Gasteiger partial charge in [-0.2, -0.15) is 0 Å². The van der Waals surface area contributed by atoms with Crippen LogP contribution in [0.15, 0.2) is 70.6 Å². The molecule has 0 bridgehead atoms. The van der Waals surface area contributed by atoms with Crippen LogP contribution in [-0.2, 0) is 12.8 Å². The van der Waals surface area contributed by atoms with E-state index in [-0.39, 0.29) is 40.5 Å². The zero-order valence-electron chi connectivity index (χ0n) is 22.6. The van der Waals surface area contributed by atoms with Gasteiger partial charge in [0, 0.05) is 54.7 Å². The average molecular weight is 566 g/mol. The second kappa shape index (κ2) is 11.9. The fourth-order valence-electron chi connectivity index (χ4n) is 5.27. The molecular weight excluding hydrogens is 535 g/mol. The molecule has 2 aromatic carbocycles. The van der Waals surface area contributed by atoms with Gasteiger partial charge >= 0.3 is 0 Å². The highest BCUT2D eigenvalue weighted by Crippen LogP contribution is 2.41. The van der Waals surface area contributed by atoms with E-state index in [9.17, 15) is 13.6 Å². The van der Waals surface area contributed by atoms with Crippen LogP contribution in [-0.4, -0.2) is 47.5 Å². The lowest BCUT2D eigenvalue weighted by Gasteiger charge is -2.24. The molecule has 1 atom stereocenters. The molecule has 3 heterocycles. The smallest absolute Gasteiger partial charge is 0.260 e. The summed E-state index contributed by atoms with van der Waals surface area (Å²) in [7, 11) is 3.35. The molecule has 0 saturated heterocycles. The summed E-state index contributed by atoms with van der Waals surface area (Å²) in [5, 5.41) is 0.667. The van der Waals surface area contributed by atoms with Crippen LogP contribution in [0, 0.1) is 24.4 Å². The fourth-order valence-corrected chi connectivity index (χ4v) is 6.64. The molecule has 1 unspecified atom stereocenters. The Morgan fingerprint density at radius 1 is 1.05 bits per heavy atom. The highest BCUT2D eigenvalue weighted by atomic mass is 32.2. The first-order valence-corrected chi connectivity index (χ1v) is 14.0. The van der Waals surface area contributed by atoms with Crippen molar-refractivity contribution in [1.29, 1.82) is 0 Å². The summed E-state index contributed by atoms with van der Waals surface area (Å²) < 4.78 is 51.9. The van der Waals surface area contributed by atoms with E-state index in [4.69, 9.17) is 4.74 Å². The Hall–Kier alpha value is -3.56. The lowest BCUT2D eigenvalue weighted by atomic mass is 9.94. The first-order valence-electron chi connectivity index (χ1n) is 13.0. The molecular formula is C31H30F3N3O2S. The molecule has 5 rings (SSSR count). The summed E-state index contributed by atoms with van der Waals surface area (Å²) in [6.45, 7) is 3.03. The van der Waals surface area contributed by atoms with Crippen molar-refractivity contribution >= 4 is 11.8 Å². The second-order valence-electron chi connectivity index (χ2n) is 9.96. The molecule has 0 N–H and O–H groups in total. The topological polar surface area (TPSA) is 47.4 Å². The number of halogens is 3. The first kappa shape index (κ1) is 28.0. The molecule has 1 aliphatic rings. The normalized spacial score (nSPS) is 14.5. The largest absolute Gasteiger partial charge is 0.494 e. The third-order valence-electron chi connectivity index (χ3n) is 7.38. The average Bonchev–Trinajstić information content (AvgIpc) is 3.36. The molecule has 208 valence electrons. The molecule has 9 heteroatoms. The Morgan fingerprint density at radius 3 is 2.50 bits per heavy atom. The van der Waals surface area contributed by atoms with E-state index < -0.39 is 17.5 Å². The van der Waals surface area contributed by atoms with Gasteiger partial charge in [-0.15, -0.1) is 11.8 Å². The van der Waals surface area contributed by atoms with Crippen LogP contribution in [0.5, 0.6) is 5.75 Å². The highest BCUT2D eigenvalue weighted by molar-refractivity contribution is 7.99. The fraction of sp³-hybridized carbons (Fsp3) is 0.290. The van der Waals surface area contributed by atoms with Crippen LogP contribution >= 0.6 is 11.8 Å². The zero-order chi connectivity index (χ0) is 28.4. The van der Waals surface area contributed by atoms with E-state index in [0.29, 0.717) is 28.5 Å². The Bertz CT molecular complexity index is 1570. The van der Waals surface area contributed by atoms with Crippen LogP contribution in [0.4, 0.5) is 13.2 Å². The summed E-state index contributed by atoms with van der Waals surface area (Å²) in [6, 6.07) is 14.0. The van der Waals surface area contributed by atoms with Gasteiger partial charge in [0.05, 0.1) is 23.7 Å². The van der Waals surface area contributed by atoms with Gasteiger partial charge in [-0.1, -0.05) is 24.3 Å². The van der Waals surface area contributed by atoms with E-state index in [1.165, 1.54) is 49.2 Å². The van der Waals surface area contributed by atoms with Gasteiger partial charge in [-0.25, -0.2) is 13.2 Å². The maximum atomic E-state index is 15.5. The summed E-state index contributed by atoms with van der Waals surface area (Å²) >= 11 is 1.49. The number of hydrogen-bond acceptors (Lipinski definition) is 5. The van der Waals surface area contributed by atoms with Crippen LogP contribution in [0.3, 0.4) is 0 Å². The van der Waals surface area contributed by atoms with Crippen LogP contribution in [0.25, 0.3) is 11.1 Å². The molecule has 0 radical (unpaired) electrons. The van der Waals surface area contributed by atoms with Gasteiger partial charge in [0.25, 0.3) is 5.56 Å². The molecule has 1 aliphatic heterocycles. The predicted octanol–water partition coefficient (Wildman–Crippen LogP) is 6.06. The van der Waals surface area contributed by atoms with Gasteiger partial charge < -0.3 is 9.64 Å². The number of pyridine rings is 2. The first-order chi connectivity index (χ1) is 19.3. The van der Waals surface area contributed by atoms with Gasteiger partial charge in [-0.3, -0.25) is 14.3 Å². The van der Waals surface area contributed by atoms with Gasteiger partial charge in [0.2, 0.25) is 0 Å². The molecule has 0 saturated carbocycles. The van der Waals surface area contributed by atoms with E-state index in [2.05, 4.69) is 9.88 Å². The molecule has 5 nitrogen and oxygen atoms in total. The van der Waals surface area contributed by atoms with Gasteiger partial charge in [0.1, 0.15) is 11.6 Å². The van der Waals surface area contributed by atoms with Crippen molar-refractivity contribution in [2.24, 2.45) is 0 Å². The number of thioether (sulfide) groups is 1. The summed E-state index contributed by atoms with van der Waals surface area (Å²) in [4.78, 5) is 20.6. The molecule has 0 fully saturated rings. The molecule has 40 heavy (non-hydrogen) atoms. The Morgan fingerprint density at radius 2 is 1.80 bits per heavy atom. The molecule has 0 amide bonds. The highest BCUT2D eigenvalue weighted by Gasteiger charge is 2.32. The number of likely N-dealkylation sites (N-methyl/N-ethyl adjacent to an activating group) is 1. The monoisotopic (exact) mass is 565 g/mol. The number of aromatic nitrogens is 2. The van der Waals surface area contributed by atoms with Crippen LogP contribution < -0.4 is 10.3 Å². The third kappa shape index (κ3) is 5.40. The van der Waals surface area contributed by atoms with Gasteiger partial charge in [0.15, 0.2) is 11.6 Å². The number of ether oxygens (including phenoxy) is 1. The lowest BCUT2D eigenvalue weighted by molar-refractivity contribution is 0.285. The predicted molar refractivity (Wildman–Crippen MR) is 152 cm³/mol. The van der Waals surface area contributed by atoms with E-state index in [0.717, 1.165) is 18.7 Å². The number of rotatable bonds is 9. The van der Waals surface area contributed by atoms with Crippen molar-refractivity contribution in [3.05, 3.63) is 111 Å². The lowest BCUT2D eigenvalue weighted by Crippen LogP contribution is -2.35. The Kier molecular flexibility index (Phi) is 8.32. The maximum absolute atomic E-state index is 15.5. The van der Waals surface area contributed by atoms with E-state index in [1.54, 1.807) is 23.8 Å². The molecule has 0 aliphatic carbocycles. The number of benzene rings is 2. The minimum Gasteiger partial charge on any atom is -0.494 e. The summed E-state index contributed by atoms with van der Waals surface area (Å²) in [5.74, 6) is -1.34. The van der Waals surface area contributed by atoms with E-state index >= 15 is 4.39 Å². The number of fused-ring (bicyclic) bond motifs is 1. The second-order valence-corrected chi connectivity index (χ2v) is 11.0. The summed E-state index contributed by atoms with van der Waals surface area (Å²) in [6.07, 6.45) is 2.46. The van der Waals surface area contributed by atoms with Crippen LogP contribution in [0.1, 0.15) is 28.4 Å². The molecule has 0 spiro atoms. The molecule has 2 aromatic heterocycles. The number of methoxy groups -OCH3 is 1. The zero-order valence-corrected chi connectivity index (χ0v) is 23.4. The van der Waals surface area contributed by atoms with E-state index in [1.807, 2.05) is 25.2 Å². The number of hydrogen-bond donors (Lipinski definition) is 0. The molecule has 4 aromatic rings. The minimum absolute atomic E-state index is 0.0173. The Balaban J connectivity index is 1.59. The quantitative estimate of drug-likeness (QED) is 0.247. The van der Waals surface area contributed by atoms with Crippen LogP contribution in [0.2, 0.25) is 0 Å². The number of nitrogens with zero attached hydrogens (tertiary/aromatic N) is 3. The Labute approximate surface area is 235 Å². The third-order valence-corrected chi connectivity index (χ3v) is 8.65. The van der Waals surface area contributed by atoms with Gasteiger partial charge in [-0.05, 0) is 55.4 Å². The van der Waals surface area contributed by atoms with Crippen molar-refractivity contribution < 1.29 is 17.9 Å². The standard InChI is InChI=1S/C31H30F3N3O2S/c1-19-23(16-24-25(32)10-7-11-26(24)33)31-37(30(38)28(19)22-9-6-12-27(39-3)29(22)34)21(18-40-31)17-36(2)15-13-20-8-4-5-14-35-20/h4-12,14,21H,13,15-18H2,1-3H3. The maximum Gasteiger partial charge on any atom is 0.260 e. The SMILES string of the molecule is COc1cccc(-c2c(C)c(Cc3c(F)cccc3F)c3n(c2=O)C(CN(C)CCc2ccccn2)CS3)c1F.